The summed E-state index contributed by atoms with van der Waals surface area (Å²) in [6, 6.07) is 12.1. The van der Waals surface area contributed by atoms with Crippen LogP contribution < -0.4 is 5.32 Å². The van der Waals surface area contributed by atoms with E-state index in [1.54, 1.807) is 30.3 Å². The van der Waals surface area contributed by atoms with Crippen molar-refractivity contribution >= 4 is 29.1 Å². The van der Waals surface area contributed by atoms with Gasteiger partial charge in [0.05, 0.1) is 5.71 Å². The van der Waals surface area contributed by atoms with Crippen molar-refractivity contribution in [1.82, 2.24) is 0 Å². The van der Waals surface area contributed by atoms with Crippen molar-refractivity contribution in [3.63, 3.8) is 0 Å². The van der Waals surface area contributed by atoms with E-state index in [4.69, 9.17) is 16.4 Å². The van der Waals surface area contributed by atoms with Crippen LogP contribution >= 0.6 is 11.6 Å². The van der Waals surface area contributed by atoms with Gasteiger partial charge >= 0.3 is 6.09 Å². The van der Waals surface area contributed by atoms with Gasteiger partial charge in [-0.3, -0.25) is 10.2 Å². The van der Waals surface area contributed by atoms with Crippen LogP contribution in [0.25, 0.3) is 0 Å². The number of rotatable bonds is 13. The molecule has 0 bridgehead atoms. The molecule has 0 atom stereocenters. The van der Waals surface area contributed by atoms with Crippen LogP contribution in [-0.4, -0.2) is 16.9 Å². The van der Waals surface area contributed by atoms with Gasteiger partial charge in [-0.15, -0.1) is 0 Å². The number of hydrogen-bond acceptors (Lipinski definition) is 4. The summed E-state index contributed by atoms with van der Waals surface area (Å²) in [5.41, 5.74) is 2.74. The van der Waals surface area contributed by atoms with E-state index in [0.29, 0.717) is 28.4 Å². The van der Waals surface area contributed by atoms with Gasteiger partial charge in [-0.2, -0.15) is 0 Å². The summed E-state index contributed by atoms with van der Waals surface area (Å²) in [4.78, 5) is 17.3. The van der Waals surface area contributed by atoms with Crippen LogP contribution in [0, 0.1) is 6.92 Å². The predicted molar refractivity (Wildman–Crippen MR) is 133 cm³/mol. The molecule has 0 spiro atoms. The molecular formula is C26H35ClN2O3. The van der Waals surface area contributed by atoms with Crippen LogP contribution in [0.15, 0.2) is 47.6 Å². The quantitative estimate of drug-likeness (QED) is 0.137. The molecule has 2 N–H and O–H groups in total. The molecule has 2 rings (SSSR count). The molecule has 0 aliphatic heterocycles. The fourth-order valence-corrected chi connectivity index (χ4v) is 3.61. The van der Waals surface area contributed by atoms with Gasteiger partial charge in [0.15, 0.2) is 0 Å². The average molecular weight is 459 g/mol. The number of phenols is 1. The highest BCUT2D eigenvalue weighted by atomic mass is 35.5. The summed E-state index contributed by atoms with van der Waals surface area (Å²) < 4.78 is 0. The number of aryl methyl sites for hydroxylation is 1. The van der Waals surface area contributed by atoms with Gasteiger partial charge in [0.25, 0.3) is 0 Å². The molecule has 2 aromatic rings. The summed E-state index contributed by atoms with van der Waals surface area (Å²) in [7, 11) is 0. The van der Waals surface area contributed by atoms with E-state index in [-0.39, 0.29) is 5.75 Å². The van der Waals surface area contributed by atoms with Crippen LogP contribution in [0.2, 0.25) is 5.02 Å². The van der Waals surface area contributed by atoms with Crippen LogP contribution in [0.3, 0.4) is 0 Å². The van der Waals surface area contributed by atoms with Gasteiger partial charge < -0.3 is 5.11 Å². The minimum Gasteiger partial charge on any atom is -0.507 e. The molecule has 0 fully saturated rings. The van der Waals surface area contributed by atoms with Crippen molar-refractivity contribution in [3.8, 4) is 5.75 Å². The molecule has 174 valence electrons. The maximum Gasteiger partial charge on any atom is 0.437 e. The first-order valence-corrected chi connectivity index (χ1v) is 12.0. The zero-order chi connectivity index (χ0) is 23.2. The summed E-state index contributed by atoms with van der Waals surface area (Å²) in [6.45, 7) is 4.18. The Morgan fingerprint density at radius 1 is 0.969 bits per heavy atom. The second kappa shape index (κ2) is 14.5. The number of halogens is 1. The molecule has 0 aliphatic rings. The number of nitrogens with zero attached hydrogens (tertiary/aromatic N) is 1. The SMILES string of the molecule is CCCCCCCCCCC/C(=N\OC(=O)Nc1ccc(Cl)cc1)c1cc(C)ccc1O. The fourth-order valence-electron chi connectivity index (χ4n) is 3.48. The van der Waals surface area contributed by atoms with Crippen molar-refractivity contribution in [2.45, 2.75) is 78.1 Å². The molecule has 0 saturated carbocycles. The first kappa shape index (κ1) is 25.7. The Hall–Kier alpha value is -2.53. The van der Waals surface area contributed by atoms with Crippen molar-refractivity contribution in [2.24, 2.45) is 5.16 Å². The lowest BCUT2D eigenvalue weighted by Gasteiger charge is -2.10. The Morgan fingerprint density at radius 2 is 1.59 bits per heavy atom. The van der Waals surface area contributed by atoms with Gasteiger partial charge in [0, 0.05) is 16.3 Å². The van der Waals surface area contributed by atoms with Crippen molar-refractivity contribution in [1.29, 1.82) is 0 Å². The van der Waals surface area contributed by atoms with E-state index >= 15 is 0 Å². The number of carbonyl (C=O) groups excluding carboxylic acids is 1. The van der Waals surface area contributed by atoms with Gasteiger partial charge in [-0.1, -0.05) is 86.7 Å². The monoisotopic (exact) mass is 458 g/mol. The van der Waals surface area contributed by atoms with Crippen molar-refractivity contribution < 1.29 is 14.7 Å². The molecule has 0 radical (unpaired) electrons. The van der Waals surface area contributed by atoms with Gasteiger partial charge in [0.2, 0.25) is 0 Å². The number of phenolic OH excluding ortho intramolecular Hbond substituents is 1. The minimum atomic E-state index is -0.691. The Balaban J connectivity index is 1.91. The normalized spacial score (nSPS) is 11.4. The zero-order valence-electron chi connectivity index (χ0n) is 19.2. The molecule has 0 saturated heterocycles. The molecule has 1 amide bonds. The number of amides is 1. The Morgan fingerprint density at radius 3 is 2.25 bits per heavy atom. The Kier molecular flexibility index (Phi) is 11.7. The van der Waals surface area contributed by atoms with E-state index < -0.39 is 6.09 Å². The molecular weight excluding hydrogens is 424 g/mol. The second-order valence-electron chi connectivity index (χ2n) is 8.15. The molecule has 2 aromatic carbocycles. The number of hydrogen-bond donors (Lipinski definition) is 2. The maximum absolute atomic E-state index is 12.2. The molecule has 6 heteroatoms. The number of carbonyl (C=O) groups is 1. The first-order chi connectivity index (χ1) is 15.5. The molecule has 5 nitrogen and oxygen atoms in total. The standard InChI is InChI=1S/C26H35ClN2O3/c1-3-4-5-6-7-8-9-10-11-12-24(23-19-20(2)13-18-25(23)30)29-32-26(31)28-22-16-14-21(27)15-17-22/h13-19,30H,3-12H2,1-2H3,(H,28,31)/b29-24+. The molecule has 32 heavy (non-hydrogen) atoms. The van der Waals surface area contributed by atoms with Crippen LogP contribution in [0.1, 0.15) is 82.3 Å². The number of nitrogens with one attached hydrogen (secondary N) is 1. The minimum absolute atomic E-state index is 0.131. The number of benzene rings is 2. The molecule has 0 heterocycles. The van der Waals surface area contributed by atoms with Crippen molar-refractivity contribution in [2.75, 3.05) is 5.32 Å². The van der Waals surface area contributed by atoms with E-state index in [0.717, 1.165) is 18.4 Å². The van der Waals surface area contributed by atoms with E-state index in [2.05, 4.69) is 17.4 Å². The van der Waals surface area contributed by atoms with E-state index in [1.165, 1.54) is 44.9 Å². The highest BCUT2D eigenvalue weighted by Crippen LogP contribution is 2.22. The summed E-state index contributed by atoms with van der Waals surface area (Å²) >= 11 is 5.87. The Labute approximate surface area is 196 Å². The lowest BCUT2D eigenvalue weighted by Crippen LogP contribution is -2.13. The van der Waals surface area contributed by atoms with E-state index in [1.807, 2.05) is 19.1 Å². The zero-order valence-corrected chi connectivity index (χ0v) is 20.0. The molecule has 0 aromatic heterocycles. The highest BCUT2D eigenvalue weighted by molar-refractivity contribution is 6.30. The average Bonchev–Trinajstić information content (AvgIpc) is 2.78. The van der Waals surface area contributed by atoms with Crippen molar-refractivity contribution in [3.05, 3.63) is 58.6 Å². The third kappa shape index (κ3) is 9.73. The van der Waals surface area contributed by atoms with Crippen LogP contribution in [0.4, 0.5) is 10.5 Å². The fraction of sp³-hybridized carbons (Fsp3) is 0.462. The highest BCUT2D eigenvalue weighted by Gasteiger charge is 2.12. The maximum atomic E-state index is 12.2. The lowest BCUT2D eigenvalue weighted by atomic mass is 10.00. The molecule has 0 unspecified atom stereocenters. The van der Waals surface area contributed by atoms with Gasteiger partial charge in [-0.05, 0) is 56.2 Å². The topological polar surface area (TPSA) is 70.9 Å². The number of unbranched alkanes of at least 4 members (excludes halogenated alkanes) is 8. The summed E-state index contributed by atoms with van der Waals surface area (Å²) in [6.07, 6.45) is 10.9. The third-order valence-electron chi connectivity index (χ3n) is 5.31. The second-order valence-corrected chi connectivity index (χ2v) is 8.58. The van der Waals surface area contributed by atoms with Gasteiger partial charge in [0.1, 0.15) is 5.75 Å². The van der Waals surface area contributed by atoms with E-state index in [9.17, 15) is 9.90 Å². The first-order valence-electron chi connectivity index (χ1n) is 11.6. The van der Waals surface area contributed by atoms with Crippen LogP contribution in [0.5, 0.6) is 5.75 Å². The third-order valence-corrected chi connectivity index (χ3v) is 5.56. The number of aromatic hydroxyl groups is 1. The summed E-state index contributed by atoms with van der Waals surface area (Å²) in [5, 5.41) is 17.6. The van der Waals surface area contributed by atoms with Gasteiger partial charge in [-0.25, -0.2) is 4.79 Å². The van der Waals surface area contributed by atoms with Crippen LogP contribution in [-0.2, 0) is 4.84 Å². The number of anilines is 1. The lowest BCUT2D eigenvalue weighted by molar-refractivity contribution is 0.166. The largest absolute Gasteiger partial charge is 0.507 e. The number of oxime groups is 1. The molecule has 0 aliphatic carbocycles. The Bertz CT molecular complexity index is 866. The summed E-state index contributed by atoms with van der Waals surface area (Å²) in [5.74, 6) is 0.131. The smallest absolute Gasteiger partial charge is 0.437 e. The predicted octanol–water partition coefficient (Wildman–Crippen LogP) is 8.23.